The lowest BCUT2D eigenvalue weighted by Gasteiger charge is -2.17. The van der Waals surface area contributed by atoms with Crippen LogP contribution in [-0.2, 0) is 0 Å². The highest BCUT2D eigenvalue weighted by Gasteiger charge is 2.26. The van der Waals surface area contributed by atoms with Gasteiger partial charge in [0.2, 0.25) is 12.5 Å². The lowest BCUT2D eigenvalue weighted by atomic mass is 9.92. The molecule has 2 aromatic rings. The van der Waals surface area contributed by atoms with E-state index in [0.717, 1.165) is 4.47 Å². The fourth-order valence-electron chi connectivity index (χ4n) is 2.09. The van der Waals surface area contributed by atoms with Crippen molar-refractivity contribution in [1.29, 1.82) is 0 Å². The number of anilines is 3. The highest BCUT2D eigenvalue weighted by Crippen LogP contribution is 2.32. The summed E-state index contributed by atoms with van der Waals surface area (Å²) >= 11 is 3.32. The van der Waals surface area contributed by atoms with Gasteiger partial charge in [0.15, 0.2) is 0 Å². The van der Waals surface area contributed by atoms with Gasteiger partial charge in [0.1, 0.15) is 11.6 Å². The average molecular weight is 353 g/mol. The molecule has 21 heavy (non-hydrogen) atoms. The third-order valence-corrected chi connectivity index (χ3v) is 3.50. The number of rotatable bonds is 4. The lowest BCUT2D eigenvalue weighted by Crippen LogP contribution is -2.19. The number of nitrogens with zero attached hydrogens (tertiary/aromatic N) is 3. The third kappa shape index (κ3) is 3.37. The maximum absolute atomic E-state index is 11.0. The molecule has 0 saturated heterocycles. The lowest BCUT2D eigenvalue weighted by molar-refractivity contribution is -0.481. The van der Waals surface area contributed by atoms with Gasteiger partial charge in [-0.1, -0.05) is 28.1 Å². The molecule has 0 bridgehead atoms. The van der Waals surface area contributed by atoms with Crippen LogP contribution >= 0.6 is 15.9 Å². The fraction of sp³-hybridized carbons (Fsp3) is 0.167. The molecule has 8 nitrogen and oxygen atoms in total. The van der Waals surface area contributed by atoms with Crippen LogP contribution < -0.4 is 17.2 Å². The predicted molar refractivity (Wildman–Crippen MR) is 83.1 cm³/mol. The van der Waals surface area contributed by atoms with Gasteiger partial charge in [0.05, 0.1) is 11.5 Å². The Morgan fingerprint density at radius 1 is 1.14 bits per heavy atom. The van der Waals surface area contributed by atoms with Crippen molar-refractivity contribution in [2.75, 3.05) is 23.7 Å². The predicted octanol–water partition coefficient (Wildman–Crippen LogP) is 1.39. The minimum Gasteiger partial charge on any atom is -0.383 e. The molecule has 2 rings (SSSR count). The van der Waals surface area contributed by atoms with Gasteiger partial charge in [0, 0.05) is 9.40 Å². The van der Waals surface area contributed by atoms with Crippen molar-refractivity contribution >= 4 is 33.5 Å². The summed E-state index contributed by atoms with van der Waals surface area (Å²) in [5.74, 6) is -0.609. The number of nitro groups is 1. The van der Waals surface area contributed by atoms with Crippen molar-refractivity contribution in [3.05, 3.63) is 50.0 Å². The highest BCUT2D eigenvalue weighted by atomic mass is 79.9. The van der Waals surface area contributed by atoms with Gasteiger partial charge >= 0.3 is 0 Å². The highest BCUT2D eigenvalue weighted by molar-refractivity contribution is 9.10. The first-order valence-electron chi connectivity index (χ1n) is 5.94. The van der Waals surface area contributed by atoms with E-state index in [4.69, 9.17) is 17.2 Å². The molecular formula is C12H13BrN6O2. The van der Waals surface area contributed by atoms with Crippen LogP contribution in [-0.4, -0.2) is 21.4 Å². The second kappa shape index (κ2) is 5.92. The summed E-state index contributed by atoms with van der Waals surface area (Å²) in [5.41, 5.74) is 18.1. The zero-order chi connectivity index (χ0) is 15.6. The van der Waals surface area contributed by atoms with Gasteiger partial charge in [-0.05, 0) is 17.7 Å². The molecule has 0 amide bonds. The van der Waals surface area contributed by atoms with E-state index in [1.54, 1.807) is 24.3 Å². The van der Waals surface area contributed by atoms with Crippen molar-refractivity contribution in [2.24, 2.45) is 0 Å². The minimum absolute atomic E-state index is 0.0507. The zero-order valence-electron chi connectivity index (χ0n) is 10.9. The maximum atomic E-state index is 11.0. The summed E-state index contributed by atoms with van der Waals surface area (Å²) < 4.78 is 0.862. The molecule has 1 heterocycles. The van der Waals surface area contributed by atoms with Crippen LogP contribution in [0.1, 0.15) is 17.0 Å². The summed E-state index contributed by atoms with van der Waals surface area (Å²) in [7, 11) is 0. The molecule has 0 spiro atoms. The largest absolute Gasteiger partial charge is 0.383 e. The van der Waals surface area contributed by atoms with Gasteiger partial charge in [-0.2, -0.15) is 9.97 Å². The second-order valence-corrected chi connectivity index (χ2v) is 5.30. The maximum Gasteiger partial charge on any atom is 0.223 e. The van der Waals surface area contributed by atoms with Crippen molar-refractivity contribution in [3.8, 4) is 0 Å². The van der Waals surface area contributed by atoms with Crippen LogP contribution in [0, 0.1) is 10.1 Å². The van der Waals surface area contributed by atoms with Crippen LogP contribution in [0.2, 0.25) is 0 Å². The van der Waals surface area contributed by atoms with Crippen LogP contribution in [0.25, 0.3) is 0 Å². The molecule has 9 heteroatoms. The summed E-state index contributed by atoms with van der Waals surface area (Å²) in [6.45, 7) is -0.372. The first-order valence-corrected chi connectivity index (χ1v) is 6.73. The number of nitrogen functional groups attached to an aromatic ring is 3. The van der Waals surface area contributed by atoms with Gasteiger partial charge in [-0.25, -0.2) is 0 Å². The van der Waals surface area contributed by atoms with Crippen molar-refractivity contribution in [1.82, 2.24) is 9.97 Å². The number of hydrogen-bond donors (Lipinski definition) is 3. The number of benzene rings is 1. The normalized spacial score (nSPS) is 12.0. The molecule has 0 radical (unpaired) electrons. The molecule has 6 N–H and O–H groups in total. The van der Waals surface area contributed by atoms with Crippen molar-refractivity contribution in [3.63, 3.8) is 0 Å². The summed E-state index contributed by atoms with van der Waals surface area (Å²) in [6.07, 6.45) is 0. The van der Waals surface area contributed by atoms with Crippen LogP contribution in [0.4, 0.5) is 17.6 Å². The Kier molecular flexibility index (Phi) is 4.22. The molecule has 1 atom stereocenters. The van der Waals surface area contributed by atoms with Crippen LogP contribution in [0.5, 0.6) is 0 Å². The Balaban J connectivity index is 2.55. The van der Waals surface area contributed by atoms with E-state index < -0.39 is 10.8 Å². The standard InChI is InChI=1S/C12H13BrN6O2/c13-7-3-1-6(2-4-7)8(5-19(20)21)9-10(14)17-12(16)18-11(9)15/h1-4,8H,5H2,(H6,14,15,16,17,18). The molecule has 0 aliphatic carbocycles. The van der Waals surface area contributed by atoms with Gasteiger partial charge in [0.25, 0.3) is 0 Å². The number of hydrogen-bond acceptors (Lipinski definition) is 7. The molecule has 110 valence electrons. The number of nitrogens with two attached hydrogens (primary N) is 3. The second-order valence-electron chi connectivity index (χ2n) is 4.39. The Morgan fingerprint density at radius 3 is 2.14 bits per heavy atom. The van der Waals surface area contributed by atoms with E-state index in [-0.39, 0.29) is 24.1 Å². The first kappa shape index (κ1) is 15.0. The van der Waals surface area contributed by atoms with E-state index in [2.05, 4.69) is 25.9 Å². The van der Waals surface area contributed by atoms with E-state index in [1.807, 2.05) is 0 Å². The minimum atomic E-state index is -0.645. The molecule has 1 unspecified atom stereocenters. The smallest absolute Gasteiger partial charge is 0.223 e. The van der Waals surface area contributed by atoms with E-state index in [9.17, 15) is 10.1 Å². The van der Waals surface area contributed by atoms with Gasteiger partial charge in [-0.3, -0.25) is 10.1 Å². The number of aromatic nitrogens is 2. The Morgan fingerprint density at radius 2 is 1.67 bits per heavy atom. The molecule has 0 aliphatic heterocycles. The molecule has 0 aliphatic rings. The van der Waals surface area contributed by atoms with Gasteiger partial charge < -0.3 is 17.2 Å². The van der Waals surface area contributed by atoms with Crippen LogP contribution in [0.3, 0.4) is 0 Å². The fourth-order valence-corrected chi connectivity index (χ4v) is 2.35. The molecule has 1 aromatic heterocycles. The van der Waals surface area contributed by atoms with Crippen molar-refractivity contribution < 1.29 is 4.92 Å². The molecule has 1 aromatic carbocycles. The van der Waals surface area contributed by atoms with Crippen LogP contribution in [0.15, 0.2) is 28.7 Å². The van der Waals surface area contributed by atoms with Gasteiger partial charge in [-0.15, -0.1) is 0 Å². The first-order chi connectivity index (χ1) is 9.88. The van der Waals surface area contributed by atoms with E-state index in [0.29, 0.717) is 11.1 Å². The van der Waals surface area contributed by atoms with E-state index in [1.165, 1.54) is 0 Å². The Hall–Kier alpha value is -2.42. The topological polar surface area (TPSA) is 147 Å². The third-order valence-electron chi connectivity index (χ3n) is 2.97. The summed E-state index contributed by atoms with van der Waals surface area (Å²) in [4.78, 5) is 18.2. The molecular weight excluding hydrogens is 340 g/mol. The Bertz CT molecular complexity index is 653. The molecule has 0 fully saturated rings. The molecule has 0 saturated carbocycles. The number of halogens is 1. The summed E-state index contributed by atoms with van der Waals surface area (Å²) in [5, 5.41) is 11.0. The van der Waals surface area contributed by atoms with E-state index >= 15 is 0 Å². The van der Waals surface area contributed by atoms with Crippen molar-refractivity contribution in [2.45, 2.75) is 5.92 Å². The monoisotopic (exact) mass is 352 g/mol. The summed E-state index contributed by atoms with van der Waals surface area (Å²) in [6, 6.07) is 7.08. The quantitative estimate of drug-likeness (QED) is 0.556. The average Bonchev–Trinajstić information content (AvgIpc) is 2.37. The zero-order valence-corrected chi connectivity index (χ0v) is 12.4. The SMILES string of the molecule is Nc1nc(N)c(C(C[N+](=O)[O-])c2ccc(Br)cc2)c(N)n1. The Labute approximate surface area is 128 Å².